The van der Waals surface area contributed by atoms with Gasteiger partial charge in [0.05, 0.1) is 17.5 Å². The Bertz CT molecular complexity index is 1080. The highest BCUT2D eigenvalue weighted by molar-refractivity contribution is 7.89. The number of nitrogens with one attached hydrogen (secondary N) is 1. The Morgan fingerprint density at radius 2 is 1.89 bits per heavy atom. The SMILES string of the molecule is Cc1cc(S(=O)(=O)N[C@@H]2CCC[C@H]2O)ccc1-c1ccc2c(c1C)C(N)=NC2. The largest absolute Gasteiger partial charge is 0.391 e. The third kappa shape index (κ3) is 3.23. The fraction of sp³-hybridized carbons (Fsp3) is 0.381. The van der Waals surface area contributed by atoms with Crippen LogP contribution < -0.4 is 10.5 Å². The third-order valence-electron chi connectivity index (χ3n) is 5.81. The molecule has 4 rings (SSSR count). The van der Waals surface area contributed by atoms with Crippen molar-refractivity contribution in [3.05, 3.63) is 52.6 Å². The summed E-state index contributed by atoms with van der Waals surface area (Å²) in [5.74, 6) is 0.561. The Hall–Kier alpha value is -2.22. The number of aliphatic hydroxyl groups is 1. The zero-order valence-corrected chi connectivity index (χ0v) is 16.9. The summed E-state index contributed by atoms with van der Waals surface area (Å²) in [6, 6.07) is 8.82. The summed E-state index contributed by atoms with van der Waals surface area (Å²) in [7, 11) is -3.68. The molecule has 1 fully saturated rings. The number of aliphatic imine (C=N–C) groups is 1. The van der Waals surface area contributed by atoms with E-state index in [1.54, 1.807) is 12.1 Å². The minimum atomic E-state index is -3.68. The maximum Gasteiger partial charge on any atom is 0.240 e. The highest BCUT2D eigenvalue weighted by Gasteiger charge is 2.30. The van der Waals surface area contributed by atoms with E-state index in [0.29, 0.717) is 25.2 Å². The number of sulfonamides is 1. The van der Waals surface area contributed by atoms with Crippen molar-refractivity contribution in [2.75, 3.05) is 0 Å². The van der Waals surface area contributed by atoms with Gasteiger partial charge in [0.25, 0.3) is 0 Å². The first kappa shape index (κ1) is 19.1. The minimum Gasteiger partial charge on any atom is -0.391 e. The summed E-state index contributed by atoms with van der Waals surface area (Å²) in [4.78, 5) is 4.53. The lowest BCUT2D eigenvalue weighted by molar-refractivity contribution is 0.159. The second-order valence-corrected chi connectivity index (χ2v) is 9.39. The molecule has 1 aliphatic carbocycles. The molecule has 4 N–H and O–H groups in total. The first-order chi connectivity index (χ1) is 13.3. The van der Waals surface area contributed by atoms with E-state index in [1.165, 1.54) is 0 Å². The van der Waals surface area contributed by atoms with Gasteiger partial charge in [0.2, 0.25) is 10.0 Å². The van der Waals surface area contributed by atoms with Crippen LogP contribution in [0.3, 0.4) is 0 Å². The third-order valence-corrected chi connectivity index (χ3v) is 7.30. The Balaban J connectivity index is 1.68. The van der Waals surface area contributed by atoms with Gasteiger partial charge in [0.1, 0.15) is 5.84 Å². The van der Waals surface area contributed by atoms with E-state index >= 15 is 0 Å². The van der Waals surface area contributed by atoms with E-state index in [1.807, 2.05) is 32.0 Å². The molecule has 6 nitrogen and oxygen atoms in total. The molecule has 0 amide bonds. The van der Waals surface area contributed by atoms with Crippen molar-refractivity contribution >= 4 is 15.9 Å². The Kier molecular flexibility index (Phi) is 4.77. The minimum absolute atomic E-state index is 0.215. The molecule has 0 bridgehead atoms. The number of nitrogens with zero attached hydrogens (tertiary/aromatic N) is 1. The molecule has 28 heavy (non-hydrogen) atoms. The number of hydrogen-bond donors (Lipinski definition) is 3. The van der Waals surface area contributed by atoms with E-state index < -0.39 is 22.2 Å². The van der Waals surface area contributed by atoms with Gasteiger partial charge in [-0.3, -0.25) is 4.99 Å². The molecule has 7 heteroatoms. The lowest BCUT2D eigenvalue weighted by Crippen LogP contribution is -2.39. The van der Waals surface area contributed by atoms with E-state index in [9.17, 15) is 13.5 Å². The summed E-state index contributed by atoms with van der Waals surface area (Å²) in [5.41, 5.74) is 12.1. The highest BCUT2D eigenvalue weighted by Crippen LogP contribution is 2.33. The number of aliphatic hydroxyl groups excluding tert-OH is 1. The molecule has 2 aromatic carbocycles. The molecule has 0 spiro atoms. The van der Waals surface area contributed by atoms with Crippen molar-refractivity contribution in [2.45, 2.75) is 56.7 Å². The predicted molar refractivity (Wildman–Crippen MR) is 110 cm³/mol. The predicted octanol–water partition coefficient (Wildman–Crippen LogP) is 2.38. The lowest BCUT2D eigenvalue weighted by atomic mass is 9.91. The van der Waals surface area contributed by atoms with Crippen LogP contribution in [0, 0.1) is 13.8 Å². The van der Waals surface area contributed by atoms with Crippen LogP contribution in [0.5, 0.6) is 0 Å². The maximum absolute atomic E-state index is 12.7. The topological polar surface area (TPSA) is 105 Å². The van der Waals surface area contributed by atoms with E-state index in [0.717, 1.165) is 39.8 Å². The van der Waals surface area contributed by atoms with Gasteiger partial charge in [-0.1, -0.05) is 18.2 Å². The van der Waals surface area contributed by atoms with Gasteiger partial charge < -0.3 is 10.8 Å². The average molecular weight is 400 g/mol. The Morgan fingerprint density at radius 1 is 1.14 bits per heavy atom. The molecule has 1 aliphatic heterocycles. The molecular weight excluding hydrogens is 374 g/mol. The van der Waals surface area contributed by atoms with Gasteiger partial charge in [-0.2, -0.15) is 0 Å². The number of aryl methyl sites for hydroxylation is 1. The second-order valence-electron chi connectivity index (χ2n) is 7.68. The average Bonchev–Trinajstić information content (AvgIpc) is 3.22. The molecule has 2 aromatic rings. The fourth-order valence-corrected chi connectivity index (χ4v) is 5.64. The zero-order valence-electron chi connectivity index (χ0n) is 16.1. The van der Waals surface area contributed by atoms with Crippen molar-refractivity contribution in [3.63, 3.8) is 0 Å². The molecule has 148 valence electrons. The first-order valence-electron chi connectivity index (χ1n) is 9.52. The monoisotopic (exact) mass is 399 g/mol. The molecule has 1 saturated carbocycles. The van der Waals surface area contributed by atoms with Crippen molar-refractivity contribution < 1.29 is 13.5 Å². The van der Waals surface area contributed by atoms with E-state index in [-0.39, 0.29) is 4.90 Å². The smallest absolute Gasteiger partial charge is 0.240 e. The van der Waals surface area contributed by atoms with Crippen LogP contribution in [-0.2, 0) is 16.6 Å². The van der Waals surface area contributed by atoms with Gasteiger partial charge in [-0.05, 0) is 73.1 Å². The highest BCUT2D eigenvalue weighted by atomic mass is 32.2. The molecule has 0 radical (unpaired) electrons. The quantitative estimate of drug-likeness (QED) is 0.734. The summed E-state index contributed by atoms with van der Waals surface area (Å²) in [6.07, 6.45) is 1.51. The molecule has 0 unspecified atom stereocenters. The number of benzene rings is 2. The van der Waals surface area contributed by atoms with Crippen LogP contribution >= 0.6 is 0 Å². The maximum atomic E-state index is 12.7. The number of rotatable bonds is 4. The van der Waals surface area contributed by atoms with Crippen molar-refractivity contribution in [2.24, 2.45) is 10.7 Å². The molecule has 1 heterocycles. The summed E-state index contributed by atoms with van der Waals surface area (Å²) >= 11 is 0. The number of nitrogens with two attached hydrogens (primary N) is 1. The normalized spacial score (nSPS) is 21.6. The first-order valence-corrected chi connectivity index (χ1v) is 11.0. The van der Waals surface area contributed by atoms with Crippen molar-refractivity contribution in [3.8, 4) is 11.1 Å². The second kappa shape index (κ2) is 6.99. The molecule has 2 atom stereocenters. The molecular formula is C21H25N3O3S. The van der Waals surface area contributed by atoms with E-state index in [2.05, 4.69) is 9.71 Å². The van der Waals surface area contributed by atoms with Crippen molar-refractivity contribution in [1.29, 1.82) is 0 Å². The van der Waals surface area contributed by atoms with Crippen LogP contribution in [0.25, 0.3) is 11.1 Å². The summed E-state index contributed by atoms with van der Waals surface area (Å²) < 4.78 is 28.1. The number of fused-ring (bicyclic) bond motifs is 1. The van der Waals surface area contributed by atoms with Gasteiger partial charge in [-0.15, -0.1) is 0 Å². The molecule has 2 aliphatic rings. The Morgan fingerprint density at radius 3 is 2.57 bits per heavy atom. The fourth-order valence-electron chi connectivity index (χ4n) is 4.25. The number of hydrogen-bond acceptors (Lipinski definition) is 5. The Labute approximate surface area is 165 Å². The van der Waals surface area contributed by atoms with Crippen LogP contribution in [0.1, 0.15) is 41.5 Å². The van der Waals surface area contributed by atoms with Crippen LogP contribution in [0.4, 0.5) is 0 Å². The van der Waals surface area contributed by atoms with Gasteiger partial charge in [-0.25, -0.2) is 13.1 Å². The standard InChI is InChI=1S/C21H25N3O3S/c1-12-10-15(28(26,27)24-18-4-3-5-19(18)25)7-9-16(12)17-8-6-14-11-23-21(22)20(14)13(17)2/h6-10,18-19,24-25H,3-5,11H2,1-2H3,(H2,22,23)/t18-,19-/m1/s1. The lowest BCUT2D eigenvalue weighted by Gasteiger charge is -2.18. The molecule has 0 saturated heterocycles. The van der Waals surface area contributed by atoms with Crippen LogP contribution in [0.2, 0.25) is 0 Å². The van der Waals surface area contributed by atoms with Crippen LogP contribution in [-0.4, -0.2) is 31.5 Å². The molecule has 0 aromatic heterocycles. The van der Waals surface area contributed by atoms with Gasteiger partial charge >= 0.3 is 0 Å². The van der Waals surface area contributed by atoms with Crippen LogP contribution in [0.15, 0.2) is 40.2 Å². The summed E-state index contributed by atoms with van der Waals surface area (Å²) in [5, 5.41) is 9.93. The van der Waals surface area contributed by atoms with Gasteiger partial charge in [0.15, 0.2) is 0 Å². The van der Waals surface area contributed by atoms with Crippen molar-refractivity contribution in [1.82, 2.24) is 4.72 Å². The van der Waals surface area contributed by atoms with Gasteiger partial charge in [0, 0.05) is 11.6 Å². The summed E-state index contributed by atoms with van der Waals surface area (Å²) in [6.45, 7) is 4.54. The van der Waals surface area contributed by atoms with E-state index in [4.69, 9.17) is 5.73 Å². The number of amidine groups is 1. The zero-order chi connectivity index (χ0) is 20.1.